The molecule has 0 aliphatic heterocycles. The number of fused-ring (bicyclic) bond motifs is 8. The lowest BCUT2D eigenvalue weighted by Gasteiger charge is -2.11. The molecule has 0 unspecified atom stereocenters. The van der Waals surface area contributed by atoms with Gasteiger partial charge in [0.2, 0.25) is 0 Å². The van der Waals surface area contributed by atoms with E-state index in [9.17, 15) is 0 Å². The van der Waals surface area contributed by atoms with Crippen LogP contribution < -0.4 is 0 Å². The molecule has 7 aromatic rings. The Kier molecular flexibility index (Phi) is 3.44. The second-order valence-corrected chi connectivity index (χ2v) is 8.72. The zero-order valence-electron chi connectivity index (χ0n) is 18.1. The molecule has 0 bridgehead atoms. The smallest absolute Gasteiger partial charge is 0.0596 e. The number of hydrogen-bond acceptors (Lipinski definition) is 0. The first-order valence-corrected chi connectivity index (χ1v) is 11.1. The first-order chi connectivity index (χ1) is 15.7. The van der Waals surface area contributed by atoms with Crippen molar-refractivity contribution in [2.45, 2.75) is 0 Å². The topological polar surface area (TPSA) is 9.86 Å². The maximum absolute atomic E-state index is 2.41. The van der Waals surface area contributed by atoms with Crippen LogP contribution in [0.3, 0.4) is 0 Å². The molecule has 0 aliphatic rings. The highest BCUT2D eigenvalue weighted by atomic mass is 15.0. The van der Waals surface area contributed by atoms with Crippen molar-refractivity contribution in [3.05, 3.63) is 97.1 Å². The quantitative estimate of drug-likeness (QED) is 0.261. The van der Waals surface area contributed by atoms with Gasteiger partial charge in [-0.05, 0) is 40.1 Å². The summed E-state index contributed by atoms with van der Waals surface area (Å²) in [7, 11) is 4.39. The standard InChI is InChI=1S/C30H22N2/c1-31-25-16-7-6-14-23(25)29-27(31)18-24(21-15-9-11-19-10-3-4-12-20(19)21)28-22-13-5-8-17-26(22)32(2)30(28)29/h3-18H,1-2H3. The lowest BCUT2D eigenvalue weighted by molar-refractivity contribution is 1.01. The fraction of sp³-hybridized carbons (Fsp3) is 0.0667. The third-order valence-corrected chi connectivity index (χ3v) is 7.13. The minimum atomic E-state index is 1.27. The molecule has 7 rings (SSSR count). The molecule has 152 valence electrons. The molecule has 2 aromatic heterocycles. The molecule has 0 N–H and O–H groups in total. The van der Waals surface area contributed by atoms with Crippen LogP contribution in [0.5, 0.6) is 0 Å². The lowest BCUT2D eigenvalue weighted by Crippen LogP contribution is -1.91. The van der Waals surface area contributed by atoms with Crippen LogP contribution in [-0.2, 0) is 14.1 Å². The Morgan fingerprint density at radius 3 is 1.84 bits per heavy atom. The molecule has 0 atom stereocenters. The van der Waals surface area contributed by atoms with Gasteiger partial charge in [-0.1, -0.05) is 78.9 Å². The van der Waals surface area contributed by atoms with Crippen LogP contribution in [0.25, 0.3) is 65.5 Å². The van der Waals surface area contributed by atoms with Gasteiger partial charge in [-0.3, -0.25) is 0 Å². The average Bonchev–Trinajstić information content (AvgIpc) is 3.30. The largest absolute Gasteiger partial charge is 0.344 e. The van der Waals surface area contributed by atoms with Crippen LogP contribution in [0.2, 0.25) is 0 Å². The molecule has 0 fully saturated rings. The third kappa shape index (κ3) is 2.14. The monoisotopic (exact) mass is 410 g/mol. The van der Waals surface area contributed by atoms with Gasteiger partial charge in [-0.15, -0.1) is 0 Å². The molecule has 0 saturated carbocycles. The van der Waals surface area contributed by atoms with Crippen molar-refractivity contribution in [2.75, 3.05) is 0 Å². The van der Waals surface area contributed by atoms with Gasteiger partial charge in [0.1, 0.15) is 0 Å². The molecule has 0 amide bonds. The first-order valence-electron chi connectivity index (χ1n) is 11.1. The lowest BCUT2D eigenvalue weighted by atomic mass is 9.93. The van der Waals surface area contributed by atoms with E-state index in [0.717, 1.165) is 0 Å². The van der Waals surface area contributed by atoms with Gasteiger partial charge in [0.15, 0.2) is 0 Å². The maximum Gasteiger partial charge on any atom is 0.0596 e. The number of benzene rings is 5. The van der Waals surface area contributed by atoms with E-state index in [0.29, 0.717) is 0 Å². The molecule has 2 heteroatoms. The Labute approximate surface area is 185 Å². The van der Waals surface area contributed by atoms with Crippen molar-refractivity contribution < 1.29 is 0 Å². The summed E-state index contributed by atoms with van der Waals surface area (Å²) in [5.41, 5.74) is 7.70. The van der Waals surface area contributed by atoms with Gasteiger partial charge in [-0.2, -0.15) is 0 Å². The van der Waals surface area contributed by atoms with Crippen molar-refractivity contribution >= 4 is 54.4 Å². The maximum atomic E-state index is 2.41. The van der Waals surface area contributed by atoms with E-state index in [1.54, 1.807) is 0 Å². The Balaban J connectivity index is 1.81. The molecule has 0 radical (unpaired) electrons. The zero-order chi connectivity index (χ0) is 21.4. The van der Waals surface area contributed by atoms with Crippen LogP contribution >= 0.6 is 0 Å². The van der Waals surface area contributed by atoms with Gasteiger partial charge in [0, 0.05) is 46.7 Å². The SMILES string of the molecule is Cn1c2ccccc2c2c1cc(-c1cccc3ccccc13)c1c3ccccc3n(C)c12. The highest BCUT2D eigenvalue weighted by molar-refractivity contribution is 6.29. The average molecular weight is 411 g/mol. The van der Waals surface area contributed by atoms with Crippen molar-refractivity contribution in [3.8, 4) is 11.1 Å². The van der Waals surface area contributed by atoms with Crippen molar-refractivity contribution in [2.24, 2.45) is 14.1 Å². The Bertz CT molecular complexity index is 1840. The summed E-state index contributed by atoms with van der Waals surface area (Å²) in [6.07, 6.45) is 0. The fourth-order valence-electron chi connectivity index (χ4n) is 5.67. The second kappa shape index (κ2) is 6.24. The number of nitrogens with zero attached hydrogens (tertiary/aromatic N) is 2. The molecule has 32 heavy (non-hydrogen) atoms. The fourth-order valence-corrected chi connectivity index (χ4v) is 5.67. The predicted octanol–water partition coefficient (Wildman–Crippen LogP) is 7.80. The van der Waals surface area contributed by atoms with Crippen molar-refractivity contribution in [1.82, 2.24) is 9.13 Å². The second-order valence-electron chi connectivity index (χ2n) is 8.72. The number of hydrogen-bond donors (Lipinski definition) is 0. The number of aromatic nitrogens is 2. The zero-order valence-corrected chi connectivity index (χ0v) is 18.1. The van der Waals surface area contributed by atoms with E-state index in [-0.39, 0.29) is 0 Å². The molecule has 2 nitrogen and oxygen atoms in total. The summed E-state index contributed by atoms with van der Waals surface area (Å²) < 4.78 is 4.73. The van der Waals surface area contributed by atoms with Gasteiger partial charge in [0.25, 0.3) is 0 Å². The van der Waals surface area contributed by atoms with E-state index in [4.69, 9.17) is 0 Å². The number of aryl methyl sites for hydroxylation is 2. The van der Waals surface area contributed by atoms with Gasteiger partial charge in [0.05, 0.1) is 11.0 Å². The Morgan fingerprint density at radius 1 is 0.469 bits per heavy atom. The van der Waals surface area contributed by atoms with E-state index >= 15 is 0 Å². The van der Waals surface area contributed by atoms with E-state index < -0.39 is 0 Å². The van der Waals surface area contributed by atoms with Crippen LogP contribution in [0, 0.1) is 0 Å². The summed E-state index contributed by atoms with van der Waals surface area (Å²) in [6, 6.07) is 35.3. The number of rotatable bonds is 1. The molecule has 0 saturated heterocycles. The van der Waals surface area contributed by atoms with Gasteiger partial charge >= 0.3 is 0 Å². The highest BCUT2D eigenvalue weighted by Crippen LogP contribution is 2.45. The molecule has 0 aliphatic carbocycles. The van der Waals surface area contributed by atoms with Crippen LogP contribution in [0.1, 0.15) is 0 Å². The minimum absolute atomic E-state index is 1.27. The van der Waals surface area contributed by atoms with Crippen LogP contribution in [0.15, 0.2) is 97.1 Å². The third-order valence-electron chi connectivity index (χ3n) is 7.13. The van der Waals surface area contributed by atoms with Crippen LogP contribution in [-0.4, -0.2) is 9.13 Å². The molecule has 2 heterocycles. The highest BCUT2D eigenvalue weighted by Gasteiger charge is 2.21. The van der Waals surface area contributed by atoms with E-state index in [1.807, 2.05) is 0 Å². The normalized spacial score (nSPS) is 12.1. The first kappa shape index (κ1) is 17.6. The van der Waals surface area contributed by atoms with Crippen molar-refractivity contribution in [3.63, 3.8) is 0 Å². The molecular weight excluding hydrogens is 388 g/mol. The predicted molar refractivity (Wildman–Crippen MR) is 137 cm³/mol. The summed E-state index contributed by atoms with van der Waals surface area (Å²) in [4.78, 5) is 0. The summed E-state index contributed by atoms with van der Waals surface area (Å²) in [5.74, 6) is 0. The molecule has 0 spiro atoms. The summed E-state index contributed by atoms with van der Waals surface area (Å²) in [6.45, 7) is 0. The van der Waals surface area contributed by atoms with E-state index in [2.05, 4.69) is 120 Å². The van der Waals surface area contributed by atoms with E-state index in [1.165, 1.54) is 65.5 Å². The van der Waals surface area contributed by atoms with Gasteiger partial charge in [-0.25, -0.2) is 0 Å². The Hall–Kier alpha value is -4.04. The number of para-hydroxylation sites is 2. The summed E-state index contributed by atoms with van der Waals surface area (Å²) >= 11 is 0. The molecular formula is C30H22N2. The molecule has 5 aromatic carbocycles. The van der Waals surface area contributed by atoms with Gasteiger partial charge < -0.3 is 9.13 Å². The Morgan fingerprint density at radius 2 is 1.06 bits per heavy atom. The summed E-state index contributed by atoms with van der Waals surface area (Å²) in [5, 5.41) is 7.86. The van der Waals surface area contributed by atoms with Crippen molar-refractivity contribution in [1.29, 1.82) is 0 Å². The minimum Gasteiger partial charge on any atom is -0.344 e. The van der Waals surface area contributed by atoms with Crippen LogP contribution in [0.4, 0.5) is 0 Å².